The minimum Gasteiger partial charge on any atom is -0.480 e. The molecule has 1 heterocycles. The van der Waals surface area contributed by atoms with Gasteiger partial charge in [0.1, 0.15) is 17.7 Å². The Morgan fingerprint density at radius 3 is 2.22 bits per heavy atom. The second kappa shape index (κ2) is 9.67. The number of carbonyl (C=O) groups excluding carboxylic acids is 3. The first-order valence-electron chi connectivity index (χ1n) is 8.26. The highest BCUT2D eigenvalue weighted by molar-refractivity contribution is 6.04. The number of hydrogen-bond acceptors (Lipinski definition) is 6. The molecule has 9 heteroatoms. The van der Waals surface area contributed by atoms with E-state index in [1.54, 1.807) is 20.8 Å². The largest absolute Gasteiger partial charge is 0.480 e. The first-order valence-corrected chi connectivity index (χ1v) is 8.26. The van der Waals surface area contributed by atoms with Crippen molar-refractivity contribution < 1.29 is 34.1 Å². The van der Waals surface area contributed by atoms with E-state index in [9.17, 15) is 19.2 Å². The van der Waals surface area contributed by atoms with E-state index in [4.69, 9.17) is 14.9 Å². The van der Waals surface area contributed by atoms with Gasteiger partial charge in [-0.05, 0) is 26.3 Å². The number of aliphatic hydroxyl groups excluding tert-OH is 1. The summed E-state index contributed by atoms with van der Waals surface area (Å²) in [5.41, 5.74) is 0.186. The summed E-state index contributed by atoms with van der Waals surface area (Å²) < 4.78 is 5.04. The number of benzene rings is 1. The molecule has 0 spiro atoms. The second-order valence-corrected chi connectivity index (χ2v) is 6.86. The summed E-state index contributed by atoms with van der Waals surface area (Å²) in [6.07, 6.45) is -1.70. The van der Waals surface area contributed by atoms with Gasteiger partial charge in [-0.3, -0.25) is 14.9 Å². The van der Waals surface area contributed by atoms with Gasteiger partial charge in [0.2, 0.25) is 5.91 Å². The maximum atomic E-state index is 11.6. The first-order chi connectivity index (χ1) is 12.5. The Bertz CT molecular complexity index is 683. The van der Waals surface area contributed by atoms with Gasteiger partial charge in [-0.15, -0.1) is 0 Å². The van der Waals surface area contributed by atoms with Crippen molar-refractivity contribution >= 4 is 23.9 Å². The van der Waals surface area contributed by atoms with E-state index in [-0.39, 0.29) is 12.8 Å². The van der Waals surface area contributed by atoms with Crippen LogP contribution in [0.4, 0.5) is 4.79 Å². The van der Waals surface area contributed by atoms with Crippen molar-refractivity contribution in [3.63, 3.8) is 0 Å². The average Bonchev–Trinajstić information content (AvgIpc) is 2.82. The Labute approximate surface area is 156 Å². The fourth-order valence-electron chi connectivity index (χ4n) is 2.04. The monoisotopic (exact) mass is 380 g/mol. The number of aliphatic hydroxyl groups is 1. The molecule has 2 rings (SSSR count). The van der Waals surface area contributed by atoms with Gasteiger partial charge < -0.3 is 20.3 Å². The van der Waals surface area contributed by atoms with Crippen LogP contribution in [0, 0.1) is 0 Å². The quantitative estimate of drug-likeness (QED) is 0.560. The molecule has 3 amide bonds. The van der Waals surface area contributed by atoms with E-state index in [1.165, 1.54) is 0 Å². The number of aliphatic carboxylic acids is 1. The minimum atomic E-state index is -1.11. The molecule has 1 aliphatic rings. The molecule has 0 radical (unpaired) electrons. The number of amides is 3. The number of ether oxygens (including phenoxy) is 1. The summed E-state index contributed by atoms with van der Waals surface area (Å²) in [6.45, 7) is 5.17. The standard InChI is InChI=1S/C14H19NO4.C4H5NO3/c1-14(2,3)19-13(18)15-11(12(16)17)9-10-7-5-4-6-8-10;6-2-1-3(7)5-4(2)8/h4-8,11H,9H2,1-3H3,(H,15,18)(H,16,17);2,6H,1H2,(H,5,7,8). The van der Waals surface area contributed by atoms with E-state index in [0.717, 1.165) is 5.56 Å². The van der Waals surface area contributed by atoms with Crippen molar-refractivity contribution in [1.82, 2.24) is 10.6 Å². The van der Waals surface area contributed by atoms with E-state index >= 15 is 0 Å². The van der Waals surface area contributed by atoms with Crippen LogP contribution in [0.3, 0.4) is 0 Å². The predicted octanol–water partition coefficient (Wildman–Crippen LogP) is 0.601. The molecular formula is C18H24N2O7. The number of rotatable bonds is 4. The van der Waals surface area contributed by atoms with E-state index in [2.05, 4.69) is 5.32 Å². The van der Waals surface area contributed by atoms with E-state index in [0.29, 0.717) is 0 Å². The molecular weight excluding hydrogens is 356 g/mol. The molecule has 4 N–H and O–H groups in total. The molecule has 1 aromatic carbocycles. The van der Waals surface area contributed by atoms with Crippen LogP contribution in [-0.2, 0) is 25.5 Å². The van der Waals surface area contributed by atoms with Crippen LogP contribution in [0.15, 0.2) is 30.3 Å². The van der Waals surface area contributed by atoms with Crippen LogP contribution in [-0.4, -0.2) is 51.8 Å². The van der Waals surface area contributed by atoms with Crippen molar-refractivity contribution in [2.45, 2.75) is 51.4 Å². The lowest BCUT2D eigenvalue weighted by molar-refractivity contribution is -0.139. The van der Waals surface area contributed by atoms with Crippen LogP contribution in [0.1, 0.15) is 32.8 Å². The highest BCUT2D eigenvalue weighted by Gasteiger charge is 2.27. The van der Waals surface area contributed by atoms with Gasteiger partial charge >= 0.3 is 12.1 Å². The van der Waals surface area contributed by atoms with Gasteiger partial charge in [0.05, 0.1) is 6.42 Å². The minimum absolute atomic E-state index is 0.0845. The highest BCUT2D eigenvalue weighted by atomic mass is 16.6. The number of imide groups is 1. The van der Waals surface area contributed by atoms with E-state index in [1.807, 2.05) is 35.6 Å². The molecule has 0 bridgehead atoms. The van der Waals surface area contributed by atoms with Gasteiger partial charge in [-0.25, -0.2) is 9.59 Å². The topological polar surface area (TPSA) is 142 Å². The summed E-state index contributed by atoms with van der Waals surface area (Å²) in [5, 5.41) is 21.9. The van der Waals surface area contributed by atoms with Crippen molar-refractivity contribution in [2.75, 3.05) is 0 Å². The zero-order chi connectivity index (χ0) is 20.6. The third-order valence-corrected chi connectivity index (χ3v) is 3.22. The normalized spacial score (nSPS) is 17.3. The lowest BCUT2D eigenvalue weighted by Crippen LogP contribution is -2.44. The number of alkyl carbamates (subject to hydrolysis) is 1. The smallest absolute Gasteiger partial charge is 0.408 e. The molecule has 27 heavy (non-hydrogen) atoms. The van der Waals surface area contributed by atoms with Crippen molar-refractivity contribution in [3.8, 4) is 0 Å². The van der Waals surface area contributed by atoms with Crippen molar-refractivity contribution in [2.24, 2.45) is 0 Å². The van der Waals surface area contributed by atoms with Gasteiger partial charge in [-0.2, -0.15) is 0 Å². The van der Waals surface area contributed by atoms with Gasteiger partial charge in [0.15, 0.2) is 0 Å². The molecule has 2 unspecified atom stereocenters. The Morgan fingerprint density at radius 2 is 1.85 bits per heavy atom. The molecule has 1 fully saturated rings. The van der Waals surface area contributed by atoms with Crippen LogP contribution in [0.25, 0.3) is 0 Å². The number of carboxylic acids is 1. The summed E-state index contributed by atoms with van der Waals surface area (Å²) in [5.74, 6) is -2.08. The average molecular weight is 380 g/mol. The molecule has 0 aromatic heterocycles. The van der Waals surface area contributed by atoms with E-state index < -0.39 is 41.6 Å². The van der Waals surface area contributed by atoms with Crippen LogP contribution >= 0.6 is 0 Å². The summed E-state index contributed by atoms with van der Waals surface area (Å²) in [6, 6.07) is 8.11. The van der Waals surface area contributed by atoms with Gasteiger partial charge in [-0.1, -0.05) is 30.3 Å². The van der Waals surface area contributed by atoms with Crippen LogP contribution < -0.4 is 10.6 Å². The Balaban J connectivity index is 0.000000377. The molecule has 1 saturated heterocycles. The molecule has 2 atom stereocenters. The first kappa shape index (κ1) is 22.1. The summed E-state index contributed by atoms with van der Waals surface area (Å²) in [4.78, 5) is 43.1. The van der Waals surface area contributed by atoms with Crippen molar-refractivity contribution in [3.05, 3.63) is 35.9 Å². The molecule has 0 aliphatic carbocycles. The van der Waals surface area contributed by atoms with Crippen molar-refractivity contribution in [1.29, 1.82) is 0 Å². The number of hydrogen-bond donors (Lipinski definition) is 4. The van der Waals surface area contributed by atoms with Crippen LogP contribution in [0.5, 0.6) is 0 Å². The van der Waals surface area contributed by atoms with Crippen LogP contribution in [0.2, 0.25) is 0 Å². The fraction of sp³-hybridized carbons (Fsp3) is 0.444. The Kier molecular flexibility index (Phi) is 7.92. The zero-order valence-electron chi connectivity index (χ0n) is 15.4. The lowest BCUT2D eigenvalue weighted by Gasteiger charge is -2.22. The highest BCUT2D eigenvalue weighted by Crippen LogP contribution is 2.08. The molecule has 9 nitrogen and oxygen atoms in total. The van der Waals surface area contributed by atoms with Gasteiger partial charge in [0, 0.05) is 6.42 Å². The number of carbonyl (C=O) groups is 4. The third-order valence-electron chi connectivity index (χ3n) is 3.22. The SMILES string of the molecule is CC(C)(C)OC(=O)NC(Cc1ccccc1)C(=O)O.O=C1CC(O)C(=O)N1. The molecule has 1 aromatic rings. The lowest BCUT2D eigenvalue weighted by atomic mass is 10.1. The molecule has 1 aliphatic heterocycles. The summed E-state index contributed by atoms with van der Waals surface area (Å²) >= 11 is 0. The predicted molar refractivity (Wildman–Crippen MR) is 94.7 cm³/mol. The van der Waals surface area contributed by atoms with Gasteiger partial charge in [0.25, 0.3) is 5.91 Å². The second-order valence-electron chi connectivity index (χ2n) is 6.86. The Morgan fingerprint density at radius 1 is 1.26 bits per heavy atom. The third kappa shape index (κ3) is 8.82. The number of carboxylic acid groups (broad SMARTS) is 1. The molecule has 148 valence electrons. The Hall–Kier alpha value is -2.94. The number of nitrogens with one attached hydrogen (secondary N) is 2. The zero-order valence-corrected chi connectivity index (χ0v) is 15.4. The fourth-order valence-corrected chi connectivity index (χ4v) is 2.04. The maximum absolute atomic E-state index is 11.6. The maximum Gasteiger partial charge on any atom is 0.408 e. The molecule has 0 saturated carbocycles. The summed E-state index contributed by atoms with van der Waals surface area (Å²) in [7, 11) is 0.